The van der Waals surface area contributed by atoms with Crippen LogP contribution in [0.15, 0.2) is 72.4 Å². The van der Waals surface area contributed by atoms with Gasteiger partial charge in [-0.15, -0.1) is 6.58 Å². The zero-order valence-electron chi connectivity index (χ0n) is 15.8. The minimum absolute atomic E-state index is 1.22. The van der Waals surface area contributed by atoms with E-state index < -0.39 is 16.1 Å². The molecule has 0 radical (unpaired) electrons. The van der Waals surface area contributed by atoms with Crippen LogP contribution in [0.2, 0.25) is 32.2 Å². The molecular weight excluding hydrogens is 320 g/mol. The van der Waals surface area contributed by atoms with Crippen molar-refractivity contribution in [3.05, 3.63) is 83.6 Å². The molecule has 0 unspecified atom stereocenters. The maximum atomic E-state index is 4.52. The van der Waals surface area contributed by atoms with E-state index in [-0.39, 0.29) is 0 Å². The second-order valence-corrected chi connectivity index (χ2v) is 18.5. The summed E-state index contributed by atoms with van der Waals surface area (Å²) >= 11 is 0. The van der Waals surface area contributed by atoms with Crippen molar-refractivity contribution in [2.45, 2.75) is 50.7 Å². The Morgan fingerprint density at radius 3 is 1.71 bits per heavy atom. The van der Waals surface area contributed by atoms with E-state index in [0.717, 1.165) is 0 Å². The van der Waals surface area contributed by atoms with Gasteiger partial charge in [-0.3, -0.25) is 0 Å². The fourth-order valence-electron chi connectivity index (χ4n) is 3.30. The van der Waals surface area contributed by atoms with Gasteiger partial charge in [0.25, 0.3) is 0 Å². The summed E-state index contributed by atoms with van der Waals surface area (Å²) < 4.78 is 0. The van der Waals surface area contributed by atoms with E-state index in [4.69, 9.17) is 0 Å². The molecule has 0 atom stereocenters. The molecule has 0 heterocycles. The molecule has 0 saturated carbocycles. The van der Waals surface area contributed by atoms with Crippen LogP contribution in [-0.2, 0) is 12.1 Å². The lowest BCUT2D eigenvalue weighted by Crippen LogP contribution is -2.35. The average Bonchev–Trinajstić information content (AvgIpc) is 2.53. The normalized spacial score (nSPS) is 12.2. The first-order valence-corrected chi connectivity index (χ1v) is 15.7. The maximum Gasteiger partial charge on any atom is 0.0789 e. The van der Waals surface area contributed by atoms with Gasteiger partial charge in [-0.1, -0.05) is 109 Å². The summed E-state index contributed by atoms with van der Waals surface area (Å²) in [7, 11) is -2.63. The van der Waals surface area contributed by atoms with Gasteiger partial charge < -0.3 is 0 Å². The van der Waals surface area contributed by atoms with Crippen LogP contribution in [0, 0.1) is 0 Å². The van der Waals surface area contributed by atoms with Crippen LogP contribution in [-0.4, -0.2) is 16.1 Å². The molecule has 2 rings (SSSR count). The van der Waals surface area contributed by atoms with Crippen LogP contribution in [0.1, 0.15) is 17.5 Å². The van der Waals surface area contributed by atoms with Gasteiger partial charge in [0.15, 0.2) is 0 Å². The number of allylic oxidation sites excluding steroid dienone is 1. The SMILES string of the molecule is C=C(CC[Si](C)(C)Cc1ccccc1)[Si](C)(C)Cc1ccccc1. The predicted molar refractivity (Wildman–Crippen MR) is 114 cm³/mol. The molecule has 0 fully saturated rings. The Bertz CT molecular complexity index is 642. The molecule has 2 aromatic rings. The molecule has 0 bridgehead atoms. The molecule has 0 aromatic heterocycles. The summed E-state index contributed by atoms with van der Waals surface area (Å²) in [5.74, 6) is 0. The molecule has 0 nitrogen and oxygen atoms in total. The number of hydrogen-bond donors (Lipinski definition) is 0. The predicted octanol–water partition coefficient (Wildman–Crippen LogP) is 6.45. The highest BCUT2D eigenvalue weighted by atomic mass is 28.3. The zero-order chi connectivity index (χ0) is 17.6. The molecule has 0 aliphatic carbocycles. The van der Waals surface area contributed by atoms with Crippen molar-refractivity contribution in [1.29, 1.82) is 0 Å². The maximum absolute atomic E-state index is 4.52. The highest BCUT2D eigenvalue weighted by molar-refractivity contribution is 6.84. The molecule has 128 valence electrons. The summed E-state index contributed by atoms with van der Waals surface area (Å²) in [5, 5.41) is 1.54. The van der Waals surface area contributed by atoms with Gasteiger partial charge in [-0.2, -0.15) is 0 Å². The smallest absolute Gasteiger partial charge is 0.0789 e. The third-order valence-electron chi connectivity index (χ3n) is 5.08. The summed E-state index contributed by atoms with van der Waals surface area (Å²) in [6, 6.07) is 25.8. The van der Waals surface area contributed by atoms with Crippen molar-refractivity contribution in [3.63, 3.8) is 0 Å². The van der Waals surface area contributed by atoms with Crippen molar-refractivity contribution >= 4 is 16.1 Å². The van der Waals surface area contributed by atoms with E-state index in [1.807, 2.05) is 0 Å². The van der Waals surface area contributed by atoms with Crippen molar-refractivity contribution < 1.29 is 0 Å². The summed E-state index contributed by atoms with van der Waals surface area (Å²) in [6.45, 7) is 14.5. The largest absolute Gasteiger partial charge is 0.104 e. The quantitative estimate of drug-likeness (QED) is 0.479. The first kappa shape index (κ1) is 18.9. The Hall–Kier alpha value is -1.39. The Kier molecular flexibility index (Phi) is 6.42. The molecular formula is C22H32Si2. The Labute approximate surface area is 150 Å². The van der Waals surface area contributed by atoms with Crippen molar-refractivity contribution in [1.82, 2.24) is 0 Å². The second-order valence-electron chi connectivity index (χ2n) is 8.48. The average molecular weight is 353 g/mol. The van der Waals surface area contributed by atoms with Gasteiger partial charge in [0, 0.05) is 0 Å². The molecule has 0 saturated heterocycles. The van der Waals surface area contributed by atoms with E-state index in [9.17, 15) is 0 Å². The molecule has 24 heavy (non-hydrogen) atoms. The van der Waals surface area contributed by atoms with Crippen LogP contribution >= 0.6 is 0 Å². The second kappa shape index (κ2) is 8.13. The van der Waals surface area contributed by atoms with Gasteiger partial charge in [-0.25, -0.2) is 0 Å². The van der Waals surface area contributed by atoms with Crippen LogP contribution in [0.5, 0.6) is 0 Å². The molecule has 2 aromatic carbocycles. The molecule has 0 aliphatic rings. The van der Waals surface area contributed by atoms with E-state index in [1.165, 1.54) is 35.7 Å². The van der Waals surface area contributed by atoms with Gasteiger partial charge in [0.05, 0.1) is 16.1 Å². The van der Waals surface area contributed by atoms with Crippen molar-refractivity contribution in [3.8, 4) is 0 Å². The highest BCUT2D eigenvalue weighted by Crippen LogP contribution is 2.27. The number of benzene rings is 2. The first-order valence-electron chi connectivity index (χ1n) is 9.05. The fraction of sp³-hybridized carbons (Fsp3) is 0.364. The third kappa shape index (κ3) is 5.92. The summed E-state index contributed by atoms with van der Waals surface area (Å²) in [4.78, 5) is 0. The van der Waals surface area contributed by atoms with Crippen LogP contribution in [0.3, 0.4) is 0 Å². The number of hydrogen-bond acceptors (Lipinski definition) is 0. The van der Waals surface area contributed by atoms with Crippen molar-refractivity contribution in [2.75, 3.05) is 0 Å². The lowest BCUT2D eigenvalue weighted by Gasteiger charge is -2.29. The van der Waals surface area contributed by atoms with Gasteiger partial charge in [0.2, 0.25) is 0 Å². The summed E-state index contributed by atoms with van der Waals surface area (Å²) in [6.07, 6.45) is 1.22. The van der Waals surface area contributed by atoms with Gasteiger partial charge >= 0.3 is 0 Å². The minimum atomic E-state index is -1.41. The zero-order valence-corrected chi connectivity index (χ0v) is 17.8. The Morgan fingerprint density at radius 2 is 1.21 bits per heavy atom. The topological polar surface area (TPSA) is 0 Å². The lowest BCUT2D eigenvalue weighted by atomic mass is 10.2. The third-order valence-corrected chi connectivity index (χ3v) is 11.5. The van der Waals surface area contributed by atoms with E-state index >= 15 is 0 Å². The van der Waals surface area contributed by atoms with Crippen LogP contribution in [0.4, 0.5) is 0 Å². The molecule has 0 spiro atoms. The summed E-state index contributed by atoms with van der Waals surface area (Å²) in [5.41, 5.74) is 2.97. The van der Waals surface area contributed by atoms with E-state index in [2.05, 4.69) is 93.4 Å². The standard InChI is InChI=1S/C22H32Si2/c1-20(24(4,5)19-22-14-10-7-11-15-22)16-17-23(2,3)18-21-12-8-6-9-13-21/h6-15H,1,16-19H2,2-5H3. The van der Waals surface area contributed by atoms with Crippen LogP contribution in [0.25, 0.3) is 0 Å². The fourth-order valence-corrected chi connectivity index (χ4v) is 8.35. The lowest BCUT2D eigenvalue weighted by molar-refractivity contribution is 1.08. The molecule has 0 aliphatic heterocycles. The first-order chi connectivity index (χ1) is 11.3. The molecule has 2 heteroatoms. The molecule has 0 amide bonds. The van der Waals surface area contributed by atoms with E-state index in [0.29, 0.717) is 0 Å². The Balaban J connectivity index is 1.91. The van der Waals surface area contributed by atoms with Crippen molar-refractivity contribution in [2.24, 2.45) is 0 Å². The van der Waals surface area contributed by atoms with Gasteiger partial charge in [-0.05, 0) is 18.5 Å². The minimum Gasteiger partial charge on any atom is -0.104 e. The van der Waals surface area contributed by atoms with Gasteiger partial charge in [0.1, 0.15) is 0 Å². The van der Waals surface area contributed by atoms with Crippen LogP contribution < -0.4 is 0 Å². The molecule has 0 N–H and O–H groups in total. The monoisotopic (exact) mass is 352 g/mol. The highest BCUT2D eigenvalue weighted by Gasteiger charge is 2.27. The number of rotatable bonds is 8. The van der Waals surface area contributed by atoms with E-state index in [1.54, 1.807) is 5.20 Å². The Morgan fingerprint density at radius 1 is 0.750 bits per heavy atom.